The molecular weight excluding hydrogens is 308 g/mol. The minimum Gasteiger partial charge on any atom is -0.402 e. The predicted molar refractivity (Wildman–Crippen MR) is 110 cm³/mol. The van der Waals surface area contributed by atoms with Crippen LogP contribution in [0.2, 0.25) is 0 Å². The van der Waals surface area contributed by atoms with Crippen molar-refractivity contribution in [3.05, 3.63) is 78.8 Å². The lowest BCUT2D eigenvalue weighted by molar-refractivity contribution is 0.343. The molecule has 0 radical (unpaired) electrons. The Balaban J connectivity index is 3.35. The lowest BCUT2D eigenvalue weighted by Gasteiger charge is -2.32. The van der Waals surface area contributed by atoms with Gasteiger partial charge in [-0.3, -0.25) is 0 Å². The third-order valence-corrected chi connectivity index (χ3v) is 3.92. The fraction of sp³-hybridized carbons (Fsp3) is 0.286. The SMILES string of the molecule is C=CC(CC)N(Cc1cccc(C(=C)C)c1)/C(=N/C(N)=C\N)C(=C)C. The predicted octanol–water partition coefficient (Wildman–Crippen LogP) is 4.18. The molecule has 0 bridgehead atoms. The van der Waals surface area contributed by atoms with Crippen LogP contribution in [0.1, 0.15) is 38.3 Å². The fourth-order valence-electron chi connectivity index (χ4n) is 2.56. The van der Waals surface area contributed by atoms with Gasteiger partial charge in [0.1, 0.15) is 11.7 Å². The monoisotopic (exact) mass is 338 g/mol. The van der Waals surface area contributed by atoms with E-state index in [9.17, 15) is 0 Å². The molecule has 4 N–H and O–H groups in total. The zero-order valence-corrected chi connectivity index (χ0v) is 15.6. The Morgan fingerprint density at radius 1 is 1.32 bits per heavy atom. The molecule has 0 aromatic heterocycles. The molecule has 1 rings (SSSR count). The number of rotatable bonds is 8. The molecule has 25 heavy (non-hydrogen) atoms. The van der Waals surface area contributed by atoms with Gasteiger partial charge < -0.3 is 16.4 Å². The number of allylic oxidation sites excluding steroid dienone is 1. The van der Waals surface area contributed by atoms with E-state index in [2.05, 4.69) is 54.8 Å². The first-order valence-electron chi connectivity index (χ1n) is 8.39. The maximum atomic E-state index is 5.83. The molecule has 0 aliphatic rings. The van der Waals surface area contributed by atoms with Crippen LogP contribution in [-0.2, 0) is 6.54 Å². The van der Waals surface area contributed by atoms with E-state index >= 15 is 0 Å². The van der Waals surface area contributed by atoms with Crippen LogP contribution >= 0.6 is 0 Å². The van der Waals surface area contributed by atoms with Crippen molar-refractivity contribution in [2.45, 2.75) is 39.8 Å². The maximum absolute atomic E-state index is 5.83. The fourth-order valence-corrected chi connectivity index (χ4v) is 2.56. The molecule has 1 atom stereocenters. The standard InChI is InChI=1S/C21H30N4/c1-7-19(8-2)25(21(16(5)6)24-20(23)13-22)14-17-10-9-11-18(12-17)15(3)4/h7,9-13,19H,1,3,5,8,14,22-23H2,2,4,6H3/b20-13-,24-21+. The highest BCUT2D eigenvalue weighted by Gasteiger charge is 2.20. The summed E-state index contributed by atoms with van der Waals surface area (Å²) in [6, 6.07) is 8.44. The Morgan fingerprint density at radius 2 is 2.00 bits per heavy atom. The Hall–Kier alpha value is -2.75. The van der Waals surface area contributed by atoms with Crippen LogP contribution in [0.4, 0.5) is 0 Å². The molecule has 0 heterocycles. The summed E-state index contributed by atoms with van der Waals surface area (Å²) in [5, 5.41) is 0. The zero-order valence-electron chi connectivity index (χ0n) is 15.6. The molecule has 0 aliphatic heterocycles. The van der Waals surface area contributed by atoms with Gasteiger partial charge in [0.15, 0.2) is 0 Å². The van der Waals surface area contributed by atoms with Crippen LogP contribution in [0.25, 0.3) is 5.57 Å². The summed E-state index contributed by atoms with van der Waals surface area (Å²) in [6.45, 7) is 18.7. The van der Waals surface area contributed by atoms with E-state index in [1.165, 1.54) is 6.20 Å². The molecule has 134 valence electrons. The van der Waals surface area contributed by atoms with Crippen molar-refractivity contribution in [1.29, 1.82) is 0 Å². The Kier molecular flexibility index (Phi) is 7.73. The summed E-state index contributed by atoms with van der Waals surface area (Å²) in [5.74, 6) is 0.976. The maximum Gasteiger partial charge on any atom is 0.141 e. The lowest BCUT2D eigenvalue weighted by atomic mass is 10.0. The van der Waals surface area contributed by atoms with E-state index in [4.69, 9.17) is 11.5 Å². The van der Waals surface area contributed by atoms with Gasteiger partial charge in [-0.05, 0) is 43.0 Å². The van der Waals surface area contributed by atoms with Crippen molar-refractivity contribution in [3.8, 4) is 0 Å². The van der Waals surface area contributed by atoms with Crippen molar-refractivity contribution in [2.75, 3.05) is 0 Å². The third-order valence-electron chi connectivity index (χ3n) is 3.92. The lowest BCUT2D eigenvalue weighted by Crippen LogP contribution is -2.39. The van der Waals surface area contributed by atoms with Crippen molar-refractivity contribution < 1.29 is 0 Å². The third kappa shape index (κ3) is 5.68. The highest BCUT2D eigenvalue weighted by Crippen LogP contribution is 2.19. The summed E-state index contributed by atoms with van der Waals surface area (Å²) in [7, 11) is 0. The number of aliphatic imine (C=N–C) groups is 1. The van der Waals surface area contributed by atoms with Gasteiger partial charge in [0.05, 0.1) is 0 Å². The summed E-state index contributed by atoms with van der Waals surface area (Å²) >= 11 is 0. The second-order valence-corrected chi connectivity index (χ2v) is 6.13. The second kappa shape index (κ2) is 9.52. The molecule has 0 aliphatic carbocycles. The number of amidine groups is 1. The van der Waals surface area contributed by atoms with Crippen molar-refractivity contribution in [3.63, 3.8) is 0 Å². The summed E-state index contributed by atoms with van der Waals surface area (Å²) in [4.78, 5) is 6.61. The first-order valence-corrected chi connectivity index (χ1v) is 8.39. The minimum atomic E-state index is 0.106. The molecule has 0 fully saturated rings. The van der Waals surface area contributed by atoms with Crippen LogP contribution in [0.15, 0.2) is 72.7 Å². The molecular formula is C21H30N4. The van der Waals surface area contributed by atoms with Gasteiger partial charge in [-0.15, -0.1) is 6.58 Å². The Morgan fingerprint density at radius 3 is 2.48 bits per heavy atom. The molecule has 4 nitrogen and oxygen atoms in total. The first kappa shape index (κ1) is 20.3. The topological polar surface area (TPSA) is 67.6 Å². The number of benzene rings is 1. The van der Waals surface area contributed by atoms with Crippen molar-refractivity contribution >= 4 is 11.4 Å². The van der Waals surface area contributed by atoms with Crippen molar-refractivity contribution in [2.24, 2.45) is 16.5 Å². The smallest absolute Gasteiger partial charge is 0.141 e. The number of nitrogens with two attached hydrogens (primary N) is 2. The number of nitrogens with zero attached hydrogens (tertiary/aromatic N) is 2. The molecule has 0 amide bonds. The second-order valence-electron chi connectivity index (χ2n) is 6.13. The zero-order chi connectivity index (χ0) is 19.0. The molecule has 0 saturated carbocycles. The van der Waals surface area contributed by atoms with E-state index in [1.807, 2.05) is 26.0 Å². The van der Waals surface area contributed by atoms with Crippen LogP contribution in [0.5, 0.6) is 0 Å². The van der Waals surface area contributed by atoms with E-state index in [0.717, 1.165) is 28.7 Å². The Labute approximate surface area is 151 Å². The number of hydrogen-bond acceptors (Lipinski definition) is 3. The van der Waals surface area contributed by atoms with Crippen LogP contribution in [0.3, 0.4) is 0 Å². The summed E-state index contributed by atoms with van der Waals surface area (Å²) < 4.78 is 0. The molecule has 1 aromatic rings. The van der Waals surface area contributed by atoms with Gasteiger partial charge in [0.25, 0.3) is 0 Å². The Bertz CT molecular complexity index is 698. The number of hydrogen-bond donors (Lipinski definition) is 2. The van der Waals surface area contributed by atoms with Crippen LogP contribution in [0, 0.1) is 0 Å². The highest BCUT2D eigenvalue weighted by atomic mass is 15.2. The molecule has 1 unspecified atom stereocenters. The average Bonchev–Trinajstić information content (AvgIpc) is 2.59. The van der Waals surface area contributed by atoms with Gasteiger partial charge in [0, 0.05) is 18.8 Å². The molecule has 1 aromatic carbocycles. The molecule has 0 saturated heterocycles. The average molecular weight is 338 g/mol. The van der Waals surface area contributed by atoms with E-state index in [-0.39, 0.29) is 11.9 Å². The van der Waals surface area contributed by atoms with E-state index in [0.29, 0.717) is 12.4 Å². The summed E-state index contributed by atoms with van der Waals surface area (Å²) in [5.41, 5.74) is 15.5. The van der Waals surface area contributed by atoms with Gasteiger partial charge in [-0.25, -0.2) is 4.99 Å². The summed E-state index contributed by atoms with van der Waals surface area (Å²) in [6.07, 6.45) is 4.10. The van der Waals surface area contributed by atoms with Gasteiger partial charge in [0.2, 0.25) is 0 Å². The van der Waals surface area contributed by atoms with Crippen LogP contribution in [-0.4, -0.2) is 16.8 Å². The minimum absolute atomic E-state index is 0.106. The van der Waals surface area contributed by atoms with Crippen LogP contribution < -0.4 is 11.5 Å². The highest BCUT2D eigenvalue weighted by molar-refractivity contribution is 5.98. The largest absolute Gasteiger partial charge is 0.402 e. The normalized spacial score (nSPS) is 13.2. The van der Waals surface area contributed by atoms with Gasteiger partial charge in [-0.1, -0.05) is 49.9 Å². The van der Waals surface area contributed by atoms with Gasteiger partial charge >= 0.3 is 0 Å². The van der Waals surface area contributed by atoms with Crippen molar-refractivity contribution in [1.82, 2.24) is 4.90 Å². The van der Waals surface area contributed by atoms with Gasteiger partial charge in [-0.2, -0.15) is 0 Å². The quantitative estimate of drug-likeness (QED) is 0.424. The molecule has 0 spiro atoms. The van der Waals surface area contributed by atoms with E-state index in [1.54, 1.807) is 0 Å². The first-order chi connectivity index (χ1) is 11.8. The van der Waals surface area contributed by atoms with E-state index < -0.39 is 0 Å². The molecule has 4 heteroatoms.